The van der Waals surface area contributed by atoms with Gasteiger partial charge < -0.3 is 34.6 Å². The third kappa shape index (κ3) is 6.98. The van der Waals surface area contributed by atoms with E-state index >= 15 is 0 Å². The number of phosphoric ester groups is 1. The summed E-state index contributed by atoms with van der Waals surface area (Å²) in [5.74, 6) is -0.577. The molecule has 5 aromatic rings. The number of hydrogen-bond acceptors (Lipinski definition) is 12. The summed E-state index contributed by atoms with van der Waals surface area (Å²) < 4.78 is 43.8. The molecule has 53 heavy (non-hydrogen) atoms. The summed E-state index contributed by atoms with van der Waals surface area (Å²) in [6.07, 6.45) is -4.67. The molecule has 0 amide bonds. The van der Waals surface area contributed by atoms with Gasteiger partial charge in [0, 0.05) is 18.0 Å². The molecular weight excluding hydrogens is 740 g/mol. The van der Waals surface area contributed by atoms with Crippen LogP contribution in [0.5, 0.6) is 0 Å². The molecule has 5 atom stereocenters. The van der Waals surface area contributed by atoms with E-state index in [1.54, 1.807) is 0 Å². The highest BCUT2D eigenvalue weighted by molar-refractivity contribution is 8.08. The molecule has 0 bridgehead atoms. The molecule has 0 saturated carbocycles. The highest BCUT2D eigenvalue weighted by Gasteiger charge is 2.46. The van der Waals surface area contributed by atoms with Crippen LogP contribution in [0.1, 0.15) is 40.3 Å². The molecule has 8 rings (SSSR count). The van der Waals surface area contributed by atoms with Gasteiger partial charge in [-0.1, -0.05) is 97.1 Å². The van der Waals surface area contributed by atoms with E-state index in [-0.39, 0.29) is 30.9 Å². The fourth-order valence-electron chi connectivity index (χ4n) is 7.33. The predicted octanol–water partition coefficient (Wildman–Crippen LogP) is 5.46. The molecule has 1 aliphatic heterocycles. The Hall–Kier alpha value is -3.88. The minimum Gasteiger partial charge on any atom is -0.387 e. The van der Waals surface area contributed by atoms with Gasteiger partial charge in [-0.05, 0) is 62.4 Å². The van der Waals surface area contributed by atoms with Crippen molar-refractivity contribution in [3.8, 4) is 22.3 Å². The smallest absolute Gasteiger partial charge is 0.387 e. The number of benzene rings is 4. The van der Waals surface area contributed by atoms with Crippen LogP contribution in [-0.2, 0) is 39.0 Å². The van der Waals surface area contributed by atoms with Crippen molar-refractivity contribution >= 4 is 32.2 Å². The summed E-state index contributed by atoms with van der Waals surface area (Å²) in [5.41, 5.74) is 13.0. The highest BCUT2D eigenvalue weighted by atomic mass is 32.5. The molecule has 5 N–H and O–H groups in total. The van der Waals surface area contributed by atoms with E-state index in [1.165, 1.54) is 12.3 Å². The van der Waals surface area contributed by atoms with Crippen LogP contribution in [0.15, 0.2) is 114 Å². The zero-order chi connectivity index (χ0) is 36.9. The maximum Gasteiger partial charge on any atom is 0.479 e. The third-order valence-electron chi connectivity index (χ3n) is 9.79. The molecule has 5 unspecified atom stereocenters. The molecule has 1 aromatic heterocycles. The molecular formula is C37H35N3O10P2S. The van der Waals surface area contributed by atoms with Gasteiger partial charge in [-0.2, -0.15) is 4.98 Å². The molecule has 274 valence electrons. The number of rotatable bonds is 12. The van der Waals surface area contributed by atoms with E-state index in [0.717, 1.165) is 49.1 Å². The lowest BCUT2D eigenvalue weighted by Gasteiger charge is -2.27. The molecule has 4 aromatic carbocycles. The van der Waals surface area contributed by atoms with E-state index in [9.17, 15) is 24.5 Å². The van der Waals surface area contributed by atoms with Crippen molar-refractivity contribution in [3.05, 3.63) is 142 Å². The number of ether oxygens (including phenoxy) is 1. The van der Waals surface area contributed by atoms with E-state index < -0.39 is 51.4 Å². The largest absolute Gasteiger partial charge is 0.479 e. The van der Waals surface area contributed by atoms with Gasteiger partial charge in [-0.15, -0.1) is 0 Å². The lowest BCUT2D eigenvalue weighted by Crippen LogP contribution is -2.36. The number of aliphatic hydroxyl groups is 2. The van der Waals surface area contributed by atoms with Gasteiger partial charge in [-0.3, -0.25) is 9.09 Å². The summed E-state index contributed by atoms with van der Waals surface area (Å²) in [7, 11) is -5.08. The fraction of sp³-hybridized carbons (Fsp3) is 0.243. The predicted molar refractivity (Wildman–Crippen MR) is 199 cm³/mol. The summed E-state index contributed by atoms with van der Waals surface area (Å²) in [6.45, 7) is -4.84. The van der Waals surface area contributed by atoms with Crippen molar-refractivity contribution in [2.24, 2.45) is 0 Å². The molecule has 16 heteroatoms. The van der Waals surface area contributed by atoms with Crippen molar-refractivity contribution in [2.75, 3.05) is 25.6 Å². The molecule has 3 aliphatic rings. The second kappa shape index (κ2) is 14.4. The van der Waals surface area contributed by atoms with Crippen LogP contribution in [-0.4, -0.2) is 62.8 Å². The minimum atomic E-state index is -5.08. The van der Waals surface area contributed by atoms with E-state index in [0.29, 0.717) is 0 Å². The van der Waals surface area contributed by atoms with Crippen molar-refractivity contribution in [2.45, 2.75) is 36.4 Å². The Bertz CT molecular complexity index is 2150. The van der Waals surface area contributed by atoms with E-state index in [4.69, 9.17) is 40.2 Å². The summed E-state index contributed by atoms with van der Waals surface area (Å²) in [6, 6.07) is 33.1. The van der Waals surface area contributed by atoms with Crippen LogP contribution in [0.4, 0.5) is 5.82 Å². The van der Waals surface area contributed by atoms with Crippen LogP contribution < -0.4 is 11.4 Å². The first-order chi connectivity index (χ1) is 25.5. The number of nitrogen functional groups attached to an aromatic ring is 1. The summed E-state index contributed by atoms with van der Waals surface area (Å²) >= 11 is 5.87. The van der Waals surface area contributed by atoms with Crippen molar-refractivity contribution in [3.63, 3.8) is 0 Å². The minimum absolute atomic E-state index is 0.0220. The van der Waals surface area contributed by atoms with Gasteiger partial charge in [0.1, 0.15) is 24.1 Å². The topological polar surface area (TPSA) is 185 Å². The first-order valence-corrected chi connectivity index (χ1v) is 20.9. The first-order valence-electron chi connectivity index (χ1n) is 16.8. The monoisotopic (exact) mass is 775 g/mol. The summed E-state index contributed by atoms with van der Waals surface area (Å²) in [4.78, 5) is 27.1. The number of fused-ring (bicyclic) bond motifs is 6. The number of nitrogens with zero attached hydrogens (tertiary/aromatic N) is 2. The Kier molecular flexibility index (Phi) is 9.82. The molecule has 2 aliphatic carbocycles. The zero-order valence-electron chi connectivity index (χ0n) is 28.0. The number of hydrogen-bond donors (Lipinski definition) is 4. The molecule has 1 fully saturated rings. The third-order valence-corrected chi connectivity index (χ3v) is 14.1. The van der Waals surface area contributed by atoms with Gasteiger partial charge in [-0.25, -0.2) is 13.7 Å². The van der Waals surface area contributed by atoms with Gasteiger partial charge in [0.05, 0.1) is 19.8 Å². The summed E-state index contributed by atoms with van der Waals surface area (Å²) in [5, 5.41) is 21.4. The van der Waals surface area contributed by atoms with Crippen LogP contribution in [0.3, 0.4) is 0 Å². The van der Waals surface area contributed by atoms with Crippen molar-refractivity contribution < 1.29 is 42.3 Å². The first kappa shape index (κ1) is 36.1. The second-order valence-corrected chi connectivity index (χ2v) is 17.5. The molecule has 1 saturated heterocycles. The van der Waals surface area contributed by atoms with Crippen molar-refractivity contribution in [1.29, 1.82) is 0 Å². The van der Waals surface area contributed by atoms with E-state index in [2.05, 4.69) is 4.98 Å². The van der Waals surface area contributed by atoms with Crippen LogP contribution in [0.25, 0.3) is 22.3 Å². The highest BCUT2D eigenvalue weighted by Crippen LogP contribution is 2.65. The second-order valence-electron chi connectivity index (χ2n) is 12.9. The quantitative estimate of drug-likeness (QED) is 0.117. The fourth-order valence-corrected chi connectivity index (χ4v) is 11.1. The Morgan fingerprint density at radius 3 is 1.62 bits per heavy atom. The van der Waals surface area contributed by atoms with Gasteiger partial charge >= 0.3 is 20.2 Å². The average Bonchev–Trinajstić information content (AvgIpc) is 3.75. The number of phosphoric acid groups is 1. The van der Waals surface area contributed by atoms with Crippen LogP contribution >= 0.6 is 14.5 Å². The Morgan fingerprint density at radius 2 is 1.17 bits per heavy atom. The van der Waals surface area contributed by atoms with Crippen LogP contribution in [0, 0.1) is 0 Å². The van der Waals surface area contributed by atoms with Gasteiger partial charge in [0.2, 0.25) is 0 Å². The van der Waals surface area contributed by atoms with E-state index in [1.807, 2.05) is 97.1 Å². The molecule has 0 radical (unpaired) electrons. The lowest BCUT2D eigenvalue weighted by atomic mass is 9.98. The Balaban J connectivity index is 1.03. The Morgan fingerprint density at radius 1 is 0.717 bits per heavy atom. The van der Waals surface area contributed by atoms with Crippen LogP contribution in [0.2, 0.25) is 0 Å². The van der Waals surface area contributed by atoms with Crippen molar-refractivity contribution in [1.82, 2.24) is 9.55 Å². The number of aromatic nitrogens is 2. The molecule has 13 nitrogen and oxygen atoms in total. The zero-order valence-corrected chi connectivity index (χ0v) is 30.6. The Labute approximate surface area is 309 Å². The maximum absolute atomic E-state index is 13.6. The lowest BCUT2D eigenvalue weighted by molar-refractivity contribution is -0.0541. The average molecular weight is 776 g/mol. The maximum atomic E-state index is 13.6. The number of aliphatic hydroxyl groups excluding tert-OH is 2. The van der Waals surface area contributed by atoms with Gasteiger partial charge in [0.15, 0.2) is 6.23 Å². The van der Waals surface area contributed by atoms with Gasteiger partial charge in [0.25, 0.3) is 0 Å². The molecule has 0 spiro atoms. The normalized spacial score (nSPS) is 21.9. The number of anilines is 1. The standard InChI is InChI=1S/C37H35N3O10P2S/c38-33-17-18-40(37(43)39-33)36-35(42)34(41)32(49-36)21-46-51(44,45)50-52(53,47-19-30-26-13-5-1-9-22(26)23-10-2-6-14-27(23)30)48-20-31-28-15-7-3-11-24(28)25-12-4-8-16-29(25)31/h1-18,30-32,34-36,41-42H,19-21H2,(H,44,45)(H2,38,39,43). The SMILES string of the molecule is Nc1ccn(C2OC(COP(=O)(O)OP(=S)(OCC3c4ccccc4-c4ccccc43)OCC3c4ccccc4-c4ccccc43)C(O)C2O)c(=O)n1. The molecule has 2 heterocycles. The number of nitrogens with two attached hydrogens (primary N) is 1.